The summed E-state index contributed by atoms with van der Waals surface area (Å²) in [5.41, 5.74) is -2.48. The summed E-state index contributed by atoms with van der Waals surface area (Å²) in [7, 11) is -1.03. The molecule has 0 bridgehead atoms. The van der Waals surface area contributed by atoms with Crippen LogP contribution in [-0.2, 0) is 26.8 Å². The van der Waals surface area contributed by atoms with Gasteiger partial charge >= 0.3 is 19.4 Å². The Morgan fingerprint density at radius 1 is 1.06 bits per heavy atom. The van der Waals surface area contributed by atoms with Gasteiger partial charge in [-0.25, -0.2) is 4.79 Å². The van der Waals surface area contributed by atoms with Crippen LogP contribution < -0.4 is 10.8 Å². The highest BCUT2D eigenvalue weighted by Gasteiger charge is 2.59. The number of alkyl carbamates (subject to hydrolysis) is 1. The zero-order valence-corrected chi connectivity index (χ0v) is 20.0. The first-order chi connectivity index (χ1) is 14.8. The maximum absolute atomic E-state index is 13.4. The Bertz CT molecular complexity index is 783. The minimum atomic E-state index is -4.57. The van der Waals surface area contributed by atoms with Gasteiger partial charge in [-0.2, -0.15) is 13.2 Å². The minimum Gasteiger partial charge on any atom is -0.444 e. The average molecular weight is 458 g/mol. The molecule has 0 atom stereocenters. The third-order valence-electron chi connectivity index (χ3n) is 6.16. The van der Waals surface area contributed by atoms with E-state index in [0.717, 1.165) is 12.3 Å². The van der Waals surface area contributed by atoms with Crippen LogP contribution in [0.5, 0.6) is 0 Å². The molecule has 0 spiro atoms. The number of ether oxygens (including phenoxy) is 1. The first kappa shape index (κ1) is 26.4. The number of alkyl halides is 3. The van der Waals surface area contributed by atoms with Crippen LogP contribution in [0.25, 0.3) is 0 Å². The lowest BCUT2D eigenvalue weighted by Gasteiger charge is -2.42. The molecule has 1 fully saturated rings. The van der Waals surface area contributed by atoms with E-state index in [1.807, 2.05) is 27.7 Å². The van der Waals surface area contributed by atoms with Crippen molar-refractivity contribution in [1.82, 2.24) is 10.3 Å². The van der Waals surface area contributed by atoms with Gasteiger partial charge in [0.15, 0.2) is 0 Å². The maximum Gasteiger partial charge on any atom is 0.496 e. The molecule has 0 aliphatic carbocycles. The number of hydrogen-bond donors (Lipinski definition) is 1. The summed E-state index contributed by atoms with van der Waals surface area (Å²) in [6, 6.07) is 1.00. The van der Waals surface area contributed by atoms with E-state index in [0.29, 0.717) is 25.7 Å². The maximum atomic E-state index is 13.4. The number of nitrogens with one attached hydrogen (secondary N) is 1. The quantitative estimate of drug-likeness (QED) is 0.584. The SMILES string of the molecule is CCC1(CC)OB(c2cc(C(F)(F)F)cnc2CNC(=O)OC(C)(C)C)OC1(CC)CC. The largest absolute Gasteiger partial charge is 0.496 e. The summed E-state index contributed by atoms with van der Waals surface area (Å²) < 4.78 is 58.3. The second-order valence-corrected chi connectivity index (χ2v) is 9.08. The van der Waals surface area contributed by atoms with Crippen molar-refractivity contribution in [2.45, 2.75) is 104 Å². The lowest BCUT2D eigenvalue weighted by atomic mass is 9.75. The number of halogens is 3. The Kier molecular flexibility index (Phi) is 7.93. The standard InChI is InChI=1S/C22H34BF3N2O4/c1-8-20(9-2)21(10-3,11-4)32-23(31-20)16-12-15(22(24,25)26)13-27-17(16)14-28-18(29)30-19(5,6)7/h12-13H,8-11,14H2,1-7H3,(H,28,29). The fourth-order valence-electron chi connectivity index (χ4n) is 4.38. The van der Waals surface area contributed by atoms with Gasteiger partial charge < -0.3 is 19.4 Å². The summed E-state index contributed by atoms with van der Waals surface area (Å²) >= 11 is 0. The number of pyridine rings is 1. The number of carbonyl (C=O) groups excluding carboxylic acids is 1. The van der Waals surface area contributed by atoms with Gasteiger partial charge in [-0.05, 0) is 52.5 Å². The predicted molar refractivity (Wildman–Crippen MR) is 116 cm³/mol. The van der Waals surface area contributed by atoms with Crippen molar-refractivity contribution < 1.29 is 32.0 Å². The van der Waals surface area contributed by atoms with E-state index in [1.54, 1.807) is 20.8 Å². The van der Waals surface area contributed by atoms with Crippen molar-refractivity contribution in [2.24, 2.45) is 0 Å². The van der Waals surface area contributed by atoms with E-state index < -0.39 is 41.8 Å². The molecule has 1 saturated heterocycles. The van der Waals surface area contributed by atoms with Crippen molar-refractivity contribution in [3.8, 4) is 0 Å². The molecule has 1 aliphatic heterocycles. The van der Waals surface area contributed by atoms with Crippen LogP contribution in [0, 0.1) is 0 Å². The van der Waals surface area contributed by atoms with Gasteiger partial charge in [0.1, 0.15) is 5.60 Å². The molecule has 1 aromatic heterocycles. The van der Waals surface area contributed by atoms with Crippen LogP contribution in [0.15, 0.2) is 12.3 Å². The van der Waals surface area contributed by atoms with Crippen molar-refractivity contribution in [2.75, 3.05) is 0 Å². The Hall–Kier alpha value is -1.81. The molecule has 1 aromatic rings. The highest BCUT2D eigenvalue weighted by molar-refractivity contribution is 6.62. The van der Waals surface area contributed by atoms with Gasteiger partial charge in [-0.3, -0.25) is 4.98 Å². The van der Waals surface area contributed by atoms with E-state index in [2.05, 4.69) is 10.3 Å². The number of aromatic nitrogens is 1. The van der Waals surface area contributed by atoms with Crippen LogP contribution in [0.3, 0.4) is 0 Å². The lowest BCUT2D eigenvalue weighted by molar-refractivity contribution is -0.137. The summed E-state index contributed by atoms with van der Waals surface area (Å²) in [6.07, 6.45) is -1.90. The molecule has 32 heavy (non-hydrogen) atoms. The molecule has 180 valence electrons. The molecular formula is C22H34BF3N2O4. The first-order valence-corrected chi connectivity index (χ1v) is 11.1. The molecule has 0 saturated carbocycles. The lowest BCUT2D eigenvalue weighted by Crippen LogP contribution is -2.50. The molecule has 1 amide bonds. The van der Waals surface area contributed by atoms with Crippen molar-refractivity contribution in [3.63, 3.8) is 0 Å². The minimum absolute atomic E-state index is 0.123. The molecule has 2 heterocycles. The second-order valence-electron chi connectivity index (χ2n) is 9.08. The topological polar surface area (TPSA) is 69.7 Å². The van der Waals surface area contributed by atoms with Crippen molar-refractivity contribution in [1.29, 1.82) is 0 Å². The number of nitrogens with zero attached hydrogens (tertiary/aromatic N) is 1. The number of hydrogen-bond acceptors (Lipinski definition) is 5. The number of carbonyl (C=O) groups is 1. The molecular weight excluding hydrogens is 424 g/mol. The molecule has 10 heteroatoms. The normalized spacial score (nSPS) is 18.0. The third kappa shape index (κ3) is 5.39. The molecule has 1 aliphatic rings. The molecule has 2 rings (SSSR count). The monoisotopic (exact) mass is 458 g/mol. The molecule has 0 unspecified atom stereocenters. The van der Waals surface area contributed by atoms with Gasteiger partial charge in [0.25, 0.3) is 0 Å². The van der Waals surface area contributed by atoms with E-state index in [-0.39, 0.29) is 17.7 Å². The van der Waals surface area contributed by atoms with Crippen LogP contribution in [0.2, 0.25) is 0 Å². The van der Waals surface area contributed by atoms with Crippen molar-refractivity contribution >= 4 is 18.7 Å². The van der Waals surface area contributed by atoms with Gasteiger partial charge in [-0.15, -0.1) is 0 Å². The first-order valence-electron chi connectivity index (χ1n) is 11.1. The Labute approximate surface area is 188 Å². The van der Waals surface area contributed by atoms with E-state index >= 15 is 0 Å². The predicted octanol–water partition coefficient (Wildman–Crippen LogP) is 4.98. The fraction of sp³-hybridized carbons (Fsp3) is 0.727. The van der Waals surface area contributed by atoms with Gasteiger partial charge in [0.05, 0.1) is 29.0 Å². The molecule has 6 nitrogen and oxygen atoms in total. The van der Waals surface area contributed by atoms with E-state index in [1.165, 1.54) is 0 Å². The molecule has 1 N–H and O–H groups in total. The van der Waals surface area contributed by atoms with Gasteiger partial charge in [0.2, 0.25) is 0 Å². The Morgan fingerprint density at radius 2 is 1.56 bits per heavy atom. The van der Waals surface area contributed by atoms with Crippen molar-refractivity contribution in [3.05, 3.63) is 23.5 Å². The summed E-state index contributed by atoms with van der Waals surface area (Å²) in [4.78, 5) is 16.1. The average Bonchev–Trinajstić information content (AvgIpc) is 3.05. The van der Waals surface area contributed by atoms with Gasteiger partial charge in [0, 0.05) is 11.7 Å². The molecule has 0 radical (unpaired) electrons. The Morgan fingerprint density at radius 3 is 1.97 bits per heavy atom. The van der Waals surface area contributed by atoms with Crippen LogP contribution >= 0.6 is 0 Å². The zero-order valence-electron chi connectivity index (χ0n) is 20.0. The summed E-state index contributed by atoms with van der Waals surface area (Å²) in [6.45, 7) is 13.0. The number of rotatable bonds is 7. The van der Waals surface area contributed by atoms with Crippen LogP contribution in [-0.4, -0.2) is 35.0 Å². The van der Waals surface area contributed by atoms with Crippen LogP contribution in [0.1, 0.15) is 85.4 Å². The summed E-state index contributed by atoms with van der Waals surface area (Å²) in [5, 5.41) is 2.56. The third-order valence-corrected chi connectivity index (χ3v) is 6.16. The second kappa shape index (κ2) is 9.59. The molecule has 0 aromatic carbocycles. The highest BCUT2D eigenvalue weighted by Crippen LogP contribution is 2.47. The van der Waals surface area contributed by atoms with Gasteiger partial charge in [-0.1, -0.05) is 27.7 Å². The smallest absolute Gasteiger partial charge is 0.444 e. The zero-order chi connectivity index (χ0) is 24.4. The fourth-order valence-corrected chi connectivity index (χ4v) is 4.38. The van der Waals surface area contributed by atoms with E-state index in [9.17, 15) is 18.0 Å². The Balaban J connectivity index is 2.45. The van der Waals surface area contributed by atoms with E-state index in [4.69, 9.17) is 14.0 Å². The van der Waals surface area contributed by atoms with Crippen LogP contribution in [0.4, 0.5) is 18.0 Å². The highest BCUT2D eigenvalue weighted by atomic mass is 19.4. The summed E-state index contributed by atoms with van der Waals surface area (Å²) in [5.74, 6) is 0. The number of amides is 1.